The van der Waals surface area contributed by atoms with Gasteiger partial charge in [0.1, 0.15) is 0 Å². The van der Waals surface area contributed by atoms with E-state index >= 15 is 0 Å². The van der Waals surface area contributed by atoms with Crippen LogP contribution in [0.1, 0.15) is 66.2 Å². The molecule has 0 aromatic heterocycles. The number of allylic oxidation sites excluding steroid dienone is 1. The minimum Gasteiger partial charge on any atom is -0.295 e. The third kappa shape index (κ3) is 13.9. The van der Waals surface area contributed by atoms with Gasteiger partial charge in [0.2, 0.25) is 0 Å². The van der Waals surface area contributed by atoms with Gasteiger partial charge in [0.25, 0.3) is 0 Å². The molecule has 0 bridgehead atoms. The van der Waals surface area contributed by atoms with Crippen LogP contribution in [0.4, 0.5) is 13.2 Å². The fourth-order valence-corrected chi connectivity index (χ4v) is 2.20. The van der Waals surface area contributed by atoms with E-state index in [-0.39, 0.29) is 0 Å². The number of hydrogen-bond donors (Lipinski definition) is 0. The van der Waals surface area contributed by atoms with E-state index in [4.69, 9.17) is 0 Å². The van der Waals surface area contributed by atoms with Crippen LogP contribution in [0.25, 0.3) is 0 Å². The topological polar surface area (TPSA) is 9.23 Å². The van der Waals surface area contributed by atoms with Crippen LogP contribution in [0.15, 0.2) is 12.2 Å². The summed E-state index contributed by atoms with van der Waals surface area (Å²) in [6, 6.07) is 0. The van der Waals surface area contributed by atoms with Crippen molar-refractivity contribution < 1.29 is 17.9 Å². The van der Waals surface area contributed by atoms with Gasteiger partial charge in [-0.1, -0.05) is 59.1 Å². The van der Waals surface area contributed by atoms with Crippen molar-refractivity contribution in [3.63, 3.8) is 0 Å². The highest BCUT2D eigenvalue weighted by Crippen LogP contribution is 2.31. The Hall–Kier alpha value is -0.510. The smallest absolute Gasteiger partial charge is 0.295 e. The molecule has 0 aromatic rings. The molecule has 1 saturated carbocycles. The number of alkyl halides is 3. The molecule has 1 aliphatic rings. The average Bonchev–Trinajstić information content (AvgIpc) is 2.41. The summed E-state index contributed by atoms with van der Waals surface area (Å²) in [7, 11) is 0.583. The van der Waals surface area contributed by atoms with Crippen LogP contribution in [0.3, 0.4) is 0 Å². The Kier molecular flexibility index (Phi) is 13.3. The Bertz CT molecular complexity index is 228. The summed E-state index contributed by atoms with van der Waals surface area (Å²) < 4.78 is 34.6. The van der Waals surface area contributed by atoms with Crippen molar-refractivity contribution in [1.82, 2.24) is 0 Å². The lowest BCUT2D eigenvalue weighted by molar-refractivity contribution is -0.311. The van der Waals surface area contributed by atoms with Gasteiger partial charge < -0.3 is 0 Å². The van der Waals surface area contributed by atoms with Crippen LogP contribution < -0.4 is 0 Å². The van der Waals surface area contributed by atoms with Gasteiger partial charge in [0.15, 0.2) is 0 Å². The molecule has 0 heterocycles. The van der Waals surface area contributed by atoms with Crippen LogP contribution in [0, 0.1) is 11.8 Å². The number of hydrogen-bond acceptors (Lipinski definition) is 1. The Balaban J connectivity index is 0. The van der Waals surface area contributed by atoms with Crippen molar-refractivity contribution in [2.75, 3.05) is 7.11 Å². The quantitative estimate of drug-likeness (QED) is 0.551. The van der Waals surface area contributed by atoms with Crippen molar-refractivity contribution in [2.45, 2.75) is 72.6 Å². The molecule has 1 aliphatic carbocycles. The summed E-state index contributed by atoms with van der Waals surface area (Å²) in [5.74, 6) is 1.65. The van der Waals surface area contributed by atoms with E-state index in [1.165, 1.54) is 44.1 Å². The molecule has 0 N–H and O–H groups in total. The lowest BCUT2D eigenvalue weighted by atomic mass is 9.81. The third-order valence-electron chi connectivity index (χ3n) is 3.08. The normalized spacial score (nSPS) is 15.8. The molecule has 0 spiro atoms. The fraction of sp³-hybridized carbons (Fsp3) is 0.875. The zero-order chi connectivity index (χ0) is 16.2. The van der Waals surface area contributed by atoms with E-state index < -0.39 is 6.36 Å². The predicted molar refractivity (Wildman–Crippen MR) is 79.6 cm³/mol. The van der Waals surface area contributed by atoms with E-state index in [9.17, 15) is 13.2 Å². The van der Waals surface area contributed by atoms with Gasteiger partial charge >= 0.3 is 6.36 Å². The zero-order valence-electron chi connectivity index (χ0n) is 13.6. The van der Waals surface area contributed by atoms with Gasteiger partial charge in [0, 0.05) is 7.11 Å². The van der Waals surface area contributed by atoms with Crippen LogP contribution in [-0.4, -0.2) is 13.5 Å². The SMILES string of the molecule is C=C(CC(C)C)C1CCCCC1.CC.COC(F)(F)F. The van der Waals surface area contributed by atoms with Crippen molar-refractivity contribution in [3.05, 3.63) is 12.2 Å². The monoisotopic (exact) mass is 296 g/mol. The second-order valence-corrected chi connectivity index (χ2v) is 5.24. The Labute approximate surface area is 122 Å². The van der Waals surface area contributed by atoms with Gasteiger partial charge in [-0.3, -0.25) is 4.74 Å². The standard InChI is InChI=1S/C12H22.C2H3F3O.C2H6/c1-10(2)9-11(3)12-7-5-4-6-8-12;1-6-2(3,4)5;1-2/h10,12H,3-9H2,1-2H3;1H3;1-2H3. The molecule has 0 amide bonds. The van der Waals surface area contributed by atoms with Crippen LogP contribution in [0.2, 0.25) is 0 Å². The van der Waals surface area contributed by atoms with Crippen LogP contribution in [-0.2, 0) is 4.74 Å². The lowest BCUT2D eigenvalue weighted by Gasteiger charge is -2.24. The maximum Gasteiger partial charge on any atom is 0.522 e. The first kappa shape index (κ1) is 21.8. The van der Waals surface area contributed by atoms with Crippen molar-refractivity contribution >= 4 is 0 Å². The number of halogens is 3. The number of ether oxygens (including phenoxy) is 1. The highest BCUT2D eigenvalue weighted by atomic mass is 19.4. The maximum absolute atomic E-state index is 10.6. The molecule has 1 fully saturated rings. The molecular weight excluding hydrogens is 265 g/mol. The lowest BCUT2D eigenvalue weighted by Crippen LogP contribution is -2.09. The van der Waals surface area contributed by atoms with E-state index in [1.54, 1.807) is 0 Å². The summed E-state index contributed by atoms with van der Waals surface area (Å²) in [5.41, 5.74) is 1.52. The van der Waals surface area contributed by atoms with E-state index in [0.29, 0.717) is 7.11 Å². The van der Waals surface area contributed by atoms with E-state index in [2.05, 4.69) is 25.2 Å². The van der Waals surface area contributed by atoms with Gasteiger partial charge in [-0.15, -0.1) is 13.2 Å². The van der Waals surface area contributed by atoms with Crippen molar-refractivity contribution in [1.29, 1.82) is 0 Å². The Morgan fingerprint density at radius 3 is 1.85 bits per heavy atom. The van der Waals surface area contributed by atoms with Gasteiger partial charge in [-0.25, -0.2) is 0 Å². The molecule has 20 heavy (non-hydrogen) atoms. The second kappa shape index (κ2) is 12.2. The molecule has 1 nitrogen and oxygen atoms in total. The largest absolute Gasteiger partial charge is 0.522 e. The third-order valence-corrected chi connectivity index (χ3v) is 3.08. The minimum absolute atomic E-state index is 0.583. The number of methoxy groups -OCH3 is 1. The maximum atomic E-state index is 10.6. The molecule has 0 radical (unpaired) electrons. The van der Waals surface area contributed by atoms with Gasteiger partial charge in [0.05, 0.1) is 0 Å². The molecular formula is C16H31F3O. The van der Waals surface area contributed by atoms with E-state index in [0.717, 1.165) is 11.8 Å². The van der Waals surface area contributed by atoms with Gasteiger partial charge in [-0.05, 0) is 31.1 Å². The summed E-state index contributed by atoms with van der Waals surface area (Å²) in [4.78, 5) is 0. The summed E-state index contributed by atoms with van der Waals surface area (Å²) in [6.07, 6.45) is 3.91. The fourth-order valence-electron chi connectivity index (χ4n) is 2.20. The zero-order valence-corrected chi connectivity index (χ0v) is 13.6. The predicted octanol–water partition coefficient (Wildman–Crippen LogP) is 6.35. The molecule has 0 saturated heterocycles. The summed E-state index contributed by atoms with van der Waals surface area (Å²) in [6.45, 7) is 12.8. The van der Waals surface area contributed by atoms with Crippen LogP contribution >= 0.6 is 0 Å². The molecule has 1 rings (SSSR count). The van der Waals surface area contributed by atoms with Crippen molar-refractivity contribution in [3.8, 4) is 0 Å². The first-order valence-corrected chi connectivity index (χ1v) is 7.55. The second-order valence-electron chi connectivity index (χ2n) is 5.24. The van der Waals surface area contributed by atoms with Gasteiger partial charge in [-0.2, -0.15) is 0 Å². The minimum atomic E-state index is -4.46. The highest BCUT2D eigenvalue weighted by Gasteiger charge is 2.25. The molecule has 122 valence electrons. The Morgan fingerprint density at radius 1 is 1.15 bits per heavy atom. The first-order chi connectivity index (χ1) is 9.26. The van der Waals surface area contributed by atoms with E-state index in [1.807, 2.05) is 13.8 Å². The molecule has 0 aliphatic heterocycles. The van der Waals surface area contributed by atoms with Crippen molar-refractivity contribution in [2.24, 2.45) is 11.8 Å². The summed E-state index contributed by atoms with van der Waals surface area (Å²) >= 11 is 0. The molecule has 4 heteroatoms. The molecule has 0 unspecified atom stereocenters. The highest BCUT2D eigenvalue weighted by molar-refractivity contribution is 5.02. The average molecular weight is 296 g/mol. The first-order valence-electron chi connectivity index (χ1n) is 7.55. The number of rotatable bonds is 3. The van der Waals surface area contributed by atoms with Crippen LogP contribution in [0.5, 0.6) is 0 Å². The molecule has 0 aromatic carbocycles. The molecule has 0 atom stereocenters. The Morgan fingerprint density at radius 2 is 1.55 bits per heavy atom. The summed E-state index contributed by atoms with van der Waals surface area (Å²) in [5, 5.41) is 0.